The van der Waals surface area contributed by atoms with Gasteiger partial charge in [-0.3, -0.25) is 0 Å². The van der Waals surface area contributed by atoms with Gasteiger partial charge < -0.3 is 4.52 Å². The quantitative estimate of drug-likeness (QED) is 0.315. The molecular weight excluding hydrogens is 350 g/mol. The molecule has 2 heterocycles. The predicted molar refractivity (Wildman–Crippen MR) is 116 cm³/mol. The molecule has 0 atom stereocenters. The van der Waals surface area contributed by atoms with Crippen molar-refractivity contribution in [3.05, 3.63) is 52.9 Å². The molecule has 2 aromatic heterocycles. The summed E-state index contributed by atoms with van der Waals surface area (Å²) in [4.78, 5) is 2.62. The van der Waals surface area contributed by atoms with Crippen LogP contribution in [0.1, 0.15) is 69.2 Å². The van der Waals surface area contributed by atoms with Crippen molar-refractivity contribution in [2.75, 3.05) is 0 Å². The van der Waals surface area contributed by atoms with Crippen molar-refractivity contribution < 1.29 is 4.52 Å². The molecule has 0 aliphatic carbocycles. The lowest BCUT2D eigenvalue weighted by Gasteiger charge is -2.02. The number of benzene rings is 1. The summed E-state index contributed by atoms with van der Waals surface area (Å²) in [5.74, 6) is 0.850. The number of rotatable bonds is 11. The minimum atomic E-state index is 0.850. The lowest BCUT2D eigenvalue weighted by Crippen LogP contribution is -1.86. The van der Waals surface area contributed by atoms with Crippen LogP contribution in [0.3, 0.4) is 0 Å². The summed E-state index contributed by atoms with van der Waals surface area (Å²) in [6, 6.07) is 15.2. The normalized spacial score (nSPS) is 11.2. The average molecular weight is 382 g/mol. The largest absolute Gasteiger partial charge is 0.356 e. The zero-order chi connectivity index (χ0) is 18.9. The van der Waals surface area contributed by atoms with Crippen molar-refractivity contribution in [2.24, 2.45) is 0 Å². The molecule has 3 aromatic rings. The third-order valence-corrected chi connectivity index (χ3v) is 6.18. The van der Waals surface area contributed by atoms with Gasteiger partial charge in [-0.2, -0.15) is 0 Å². The van der Waals surface area contributed by atoms with Crippen LogP contribution in [0.15, 0.2) is 47.0 Å². The standard InChI is InChI=1S/C24H31NOS/c1-3-5-7-8-9-10-19-12-14-20(15-13-19)23-18-22(25-26-23)24-17-16-21(27-24)11-6-4-2/h12-18H,3-11H2,1-2H3. The van der Waals surface area contributed by atoms with Crippen molar-refractivity contribution in [1.29, 1.82) is 0 Å². The van der Waals surface area contributed by atoms with Crippen LogP contribution in [0.4, 0.5) is 0 Å². The first kappa shape index (κ1) is 19.9. The van der Waals surface area contributed by atoms with Crippen LogP contribution < -0.4 is 0 Å². The van der Waals surface area contributed by atoms with E-state index in [0.717, 1.165) is 23.4 Å². The fraction of sp³-hybridized carbons (Fsp3) is 0.458. The van der Waals surface area contributed by atoms with Gasteiger partial charge in [0, 0.05) is 16.5 Å². The van der Waals surface area contributed by atoms with E-state index in [9.17, 15) is 0 Å². The maximum atomic E-state index is 5.62. The number of nitrogens with zero attached hydrogens (tertiary/aromatic N) is 1. The Kier molecular flexibility index (Phi) is 7.70. The summed E-state index contributed by atoms with van der Waals surface area (Å²) < 4.78 is 5.62. The molecule has 0 bridgehead atoms. The second kappa shape index (κ2) is 10.5. The number of hydrogen-bond acceptors (Lipinski definition) is 3. The Morgan fingerprint density at radius 2 is 1.59 bits per heavy atom. The van der Waals surface area contributed by atoms with Crippen molar-refractivity contribution in [3.63, 3.8) is 0 Å². The Balaban J connectivity index is 1.58. The van der Waals surface area contributed by atoms with Crippen LogP contribution in [-0.4, -0.2) is 5.16 Å². The van der Waals surface area contributed by atoms with E-state index in [1.165, 1.54) is 66.7 Å². The molecule has 2 nitrogen and oxygen atoms in total. The number of hydrogen-bond donors (Lipinski definition) is 0. The maximum Gasteiger partial charge on any atom is 0.167 e. The zero-order valence-corrected chi connectivity index (χ0v) is 17.5. The van der Waals surface area contributed by atoms with E-state index in [-0.39, 0.29) is 0 Å². The number of thiophene rings is 1. The van der Waals surface area contributed by atoms with Crippen LogP contribution in [0.25, 0.3) is 21.9 Å². The first-order chi connectivity index (χ1) is 13.3. The topological polar surface area (TPSA) is 26.0 Å². The molecule has 0 unspecified atom stereocenters. The molecule has 27 heavy (non-hydrogen) atoms. The van der Waals surface area contributed by atoms with E-state index in [1.54, 1.807) is 0 Å². The van der Waals surface area contributed by atoms with Crippen molar-refractivity contribution >= 4 is 11.3 Å². The number of unbranched alkanes of at least 4 members (excludes halogenated alkanes) is 5. The monoisotopic (exact) mass is 381 g/mol. The van der Waals surface area contributed by atoms with E-state index in [0.29, 0.717) is 0 Å². The Morgan fingerprint density at radius 3 is 2.37 bits per heavy atom. The highest BCUT2D eigenvalue weighted by atomic mass is 32.1. The number of aromatic nitrogens is 1. The van der Waals surface area contributed by atoms with Crippen LogP contribution >= 0.6 is 11.3 Å². The minimum absolute atomic E-state index is 0.850. The van der Waals surface area contributed by atoms with Crippen LogP contribution in [-0.2, 0) is 12.8 Å². The Hall–Kier alpha value is -1.87. The minimum Gasteiger partial charge on any atom is -0.356 e. The number of aryl methyl sites for hydroxylation is 2. The molecule has 0 aliphatic heterocycles. The molecule has 0 spiro atoms. The van der Waals surface area contributed by atoms with Gasteiger partial charge >= 0.3 is 0 Å². The van der Waals surface area contributed by atoms with Crippen LogP contribution in [0.2, 0.25) is 0 Å². The molecular formula is C24H31NOS. The maximum absolute atomic E-state index is 5.62. The van der Waals surface area contributed by atoms with Crippen molar-refractivity contribution in [2.45, 2.75) is 71.6 Å². The first-order valence-electron chi connectivity index (χ1n) is 10.4. The molecule has 0 N–H and O–H groups in total. The summed E-state index contributed by atoms with van der Waals surface area (Å²) in [5, 5.41) is 4.29. The zero-order valence-electron chi connectivity index (χ0n) is 16.7. The third kappa shape index (κ3) is 5.80. The van der Waals surface area contributed by atoms with E-state index in [4.69, 9.17) is 4.52 Å². The molecule has 3 heteroatoms. The van der Waals surface area contributed by atoms with E-state index < -0.39 is 0 Å². The van der Waals surface area contributed by atoms with E-state index in [2.05, 4.69) is 61.5 Å². The first-order valence-corrected chi connectivity index (χ1v) is 11.3. The van der Waals surface area contributed by atoms with Gasteiger partial charge in [-0.1, -0.05) is 75.4 Å². The Bertz CT molecular complexity index is 800. The molecule has 0 saturated carbocycles. The van der Waals surface area contributed by atoms with Gasteiger partial charge in [0.15, 0.2) is 5.76 Å². The summed E-state index contributed by atoms with van der Waals surface area (Å²) in [5.41, 5.74) is 3.46. The van der Waals surface area contributed by atoms with Gasteiger partial charge in [-0.05, 0) is 43.4 Å². The molecule has 3 rings (SSSR count). The molecule has 0 radical (unpaired) electrons. The highest BCUT2D eigenvalue weighted by Gasteiger charge is 2.11. The summed E-state index contributed by atoms with van der Waals surface area (Å²) >= 11 is 1.83. The molecule has 144 valence electrons. The molecule has 0 aliphatic rings. The van der Waals surface area contributed by atoms with Gasteiger partial charge in [0.2, 0.25) is 0 Å². The smallest absolute Gasteiger partial charge is 0.167 e. The predicted octanol–water partition coefficient (Wildman–Crippen LogP) is 7.93. The van der Waals surface area contributed by atoms with E-state index in [1.807, 2.05) is 11.3 Å². The molecule has 0 fully saturated rings. The highest BCUT2D eigenvalue weighted by Crippen LogP contribution is 2.31. The third-order valence-electron chi connectivity index (χ3n) is 5.01. The second-order valence-corrected chi connectivity index (χ2v) is 8.48. The summed E-state index contributed by atoms with van der Waals surface area (Å²) in [7, 11) is 0. The lowest BCUT2D eigenvalue weighted by molar-refractivity contribution is 0.435. The van der Waals surface area contributed by atoms with Crippen LogP contribution in [0.5, 0.6) is 0 Å². The van der Waals surface area contributed by atoms with Gasteiger partial charge in [0.05, 0.1) is 4.88 Å². The second-order valence-electron chi connectivity index (χ2n) is 7.31. The summed E-state index contributed by atoms with van der Waals surface area (Å²) in [6.07, 6.45) is 11.4. The lowest BCUT2D eigenvalue weighted by atomic mass is 10.0. The SMILES string of the molecule is CCCCCCCc1ccc(-c2cc(-c3ccc(CCCC)s3)no2)cc1. The van der Waals surface area contributed by atoms with E-state index >= 15 is 0 Å². The Morgan fingerprint density at radius 1 is 0.815 bits per heavy atom. The molecule has 0 saturated heterocycles. The highest BCUT2D eigenvalue weighted by molar-refractivity contribution is 7.15. The average Bonchev–Trinajstić information content (AvgIpc) is 3.36. The summed E-state index contributed by atoms with van der Waals surface area (Å²) in [6.45, 7) is 4.49. The van der Waals surface area contributed by atoms with Gasteiger partial charge in [-0.15, -0.1) is 11.3 Å². The van der Waals surface area contributed by atoms with Crippen molar-refractivity contribution in [3.8, 4) is 21.9 Å². The fourth-order valence-corrected chi connectivity index (χ4v) is 4.30. The van der Waals surface area contributed by atoms with Crippen molar-refractivity contribution in [1.82, 2.24) is 5.16 Å². The molecule has 0 amide bonds. The Labute approximate surface area is 167 Å². The van der Waals surface area contributed by atoms with Crippen LogP contribution in [0, 0.1) is 0 Å². The fourth-order valence-electron chi connectivity index (χ4n) is 3.30. The molecule has 1 aromatic carbocycles. The van der Waals surface area contributed by atoms with Gasteiger partial charge in [0.25, 0.3) is 0 Å². The van der Waals surface area contributed by atoms with Gasteiger partial charge in [0.1, 0.15) is 5.69 Å². The van der Waals surface area contributed by atoms with Gasteiger partial charge in [-0.25, -0.2) is 0 Å².